The second-order valence-electron chi connectivity index (χ2n) is 31.7. The van der Waals surface area contributed by atoms with Crippen LogP contribution in [-0.2, 0) is 80.4 Å². The predicted octanol–water partition coefficient (Wildman–Crippen LogP) is 13.8. The van der Waals surface area contributed by atoms with E-state index < -0.39 is 73.1 Å². The van der Waals surface area contributed by atoms with Crippen LogP contribution in [0.15, 0.2) is 148 Å². The number of hydrogen-bond donors (Lipinski definition) is 5. The summed E-state index contributed by atoms with van der Waals surface area (Å²) in [5.74, 6) is 0.305. The summed E-state index contributed by atoms with van der Waals surface area (Å²) >= 11 is 6.19. The lowest BCUT2D eigenvalue weighted by atomic mass is 10.1. The van der Waals surface area contributed by atoms with Gasteiger partial charge in [-0.3, -0.25) is 0 Å². The fourth-order valence-electron chi connectivity index (χ4n) is 14.7. The van der Waals surface area contributed by atoms with Crippen molar-refractivity contribution in [2.45, 2.75) is 106 Å². The zero-order valence-electron chi connectivity index (χ0n) is 73.7. The predicted molar refractivity (Wildman–Crippen MR) is 478 cm³/mol. The number of H-pyrrole nitrogens is 5. The molecule has 46 heteroatoms. The highest BCUT2D eigenvalue weighted by Gasteiger charge is 2.35. The van der Waals surface area contributed by atoms with Crippen LogP contribution in [0.3, 0.4) is 0 Å². The third kappa shape index (κ3) is 24.6. The van der Waals surface area contributed by atoms with Crippen LogP contribution in [0.2, 0.25) is 5.02 Å². The molecule has 5 aliphatic rings. The summed E-state index contributed by atoms with van der Waals surface area (Å²) < 4.78 is 124. The lowest BCUT2D eigenvalue weighted by molar-refractivity contribution is -0.0332. The summed E-state index contributed by atoms with van der Waals surface area (Å²) in [5.41, 5.74) is 11.6. The summed E-state index contributed by atoms with van der Waals surface area (Å²) in [4.78, 5) is 147. The molecule has 20 rings (SSSR count). The van der Waals surface area contributed by atoms with Crippen LogP contribution < -0.4 is 0 Å². The fraction of sp³-hybridized carbons (Fsp3) is 0.341. The number of fused-ring (bicyclic) bond motifs is 5. The van der Waals surface area contributed by atoms with E-state index in [1.807, 2.05) is 25.1 Å². The maximum atomic E-state index is 13.9. The molecule has 15 aromatic rings. The zero-order valence-corrected chi connectivity index (χ0v) is 74.5. The van der Waals surface area contributed by atoms with Crippen molar-refractivity contribution >= 4 is 97.9 Å². The van der Waals surface area contributed by atoms with E-state index in [-0.39, 0.29) is 89.2 Å². The van der Waals surface area contributed by atoms with Crippen molar-refractivity contribution in [3.63, 3.8) is 0 Å². The number of aromatic nitrogens is 20. The molecule has 0 aliphatic carbocycles. The number of amides is 5. The van der Waals surface area contributed by atoms with Crippen molar-refractivity contribution in [1.29, 1.82) is 0 Å². The van der Waals surface area contributed by atoms with Crippen molar-refractivity contribution in [2.75, 3.05) is 98.5 Å². The van der Waals surface area contributed by atoms with Gasteiger partial charge in [-0.05, 0) is 104 Å². The van der Waals surface area contributed by atoms with Crippen molar-refractivity contribution in [1.82, 2.24) is 124 Å². The van der Waals surface area contributed by atoms with E-state index in [9.17, 15) is 45.9 Å². The quantitative estimate of drug-likeness (QED) is 0.0470. The molecule has 0 spiro atoms. The smallest absolute Gasteiger partial charge is 0.410 e. The maximum Gasteiger partial charge on any atom is 0.410 e. The Hall–Kier alpha value is -15.1. The van der Waals surface area contributed by atoms with Crippen molar-refractivity contribution in [3.8, 4) is 0 Å². The van der Waals surface area contributed by atoms with Gasteiger partial charge in [0.25, 0.3) is 0 Å². The number of aryl methyl sites for hydroxylation is 5. The Labute approximate surface area is 782 Å². The first kappa shape index (κ1) is 96.5. The number of nitrogens with zero attached hydrogens (tertiary/aromatic N) is 20. The summed E-state index contributed by atoms with van der Waals surface area (Å²) in [6.07, 6.45) is 10.5. The summed E-state index contributed by atoms with van der Waals surface area (Å²) in [6, 6.07) is 22.4. The van der Waals surface area contributed by atoms with Gasteiger partial charge in [0.15, 0.2) is 28.2 Å². The molecule has 5 aliphatic heterocycles. The number of benzene rings is 5. The normalized spacial score (nSPS) is 17.1. The van der Waals surface area contributed by atoms with E-state index in [0.717, 1.165) is 27.8 Å². The van der Waals surface area contributed by atoms with Gasteiger partial charge in [0.05, 0.1) is 102 Å². The molecule has 5 atom stereocenters. The number of nitrogens with one attached hydrogen (secondary N) is 5. The second-order valence-corrected chi connectivity index (χ2v) is 32.1. The van der Waals surface area contributed by atoms with Gasteiger partial charge in [-0.1, -0.05) is 67.6 Å². The summed E-state index contributed by atoms with van der Waals surface area (Å²) in [6.45, 7) is 13.3. The van der Waals surface area contributed by atoms with Crippen LogP contribution in [0.4, 0.5) is 45.9 Å². The number of morpholine rings is 5. The number of halogens is 6. The summed E-state index contributed by atoms with van der Waals surface area (Å²) in [7, 11) is 0. The van der Waals surface area contributed by atoms with Crippen LogP contribution in [0.5, 0.6) is 0 Å². The Kier molecular flexibility index (Phi) is 31.6. The van der Waals surface area contributed by atoms with Gasteiger partial charge in [-0.15, -0.1) is 0 Å². The van der Waals surface area contributed by atoms with Gasteiger partial charge in [0, 0.05) is 54.4 Å². The molecule has 5 amide bonds. The Morgan fingerprint density at radius 2 is 0.672 bits per heavy atom. The minimum Gasteiger partial charge on any atom is -0.445 e. The minimum atomic E-state index is -0.742. The Morgan fingerprint density at radius 1 is 0.350 bits per heavy atom. The lowest BCUT2D eigenvalue weighted by Crippen LogP contribution is -2.42. The molecule has 5 fully saturated rings. The van der Waals surface area contributed by atoms with Gasteiger partial charge in [0.1, 0.15) is 181 Å². The number of imidazole rings is 5. The highest BCUT2D eigenvalue weighted by molar-refractivity contribution is 6.31. The Balaban J connectivity index is 0.000000130. The molecular formula is C91H93ClF5N25O15. The largest absolute Gasteiger partial charge is 0.445 e. The number of rotatable bonds is 15. The lowest BCUT2D eigenvalue weighted by Gasteiger charge is -2.31. The first-order valence-corrected chi connectivity index (χ1v) is 43.2. The highest BCUT2D eigenvalue weighted by Crippen LogP contribution is 2.31. The first-order valence-electron chi connectivity index (χ1n) is 42.8. The molecular weight excluding hydrogens is 1810 g/mol. The van der Waals surface area contributed by atoms with E-state index >= 15 is 0 Å². The molecule has 5 aromatic carbocycles. The van der Waals surface area contributed by atoms with Gasteiger partial charge < -0.3 is 96.8 Å². The SMILES string of the molecule is C.Cc1cc(F)c(COC(=O)N2CCO[C@H](c3nc4ncncc4[nH]3)C2)c(F)c1.Cc1ccc(COC(=O)N2CCO[C@H](c3nc4ncncc4[nH]3)C2)c(Cl)c1.Cc1ccc(COC(=O)N2CCO[C@H](c3nc4ncncc4[nH]3)C2)c(F)c1.Cc1ccc(COC(=O)N2CCO[C@H](c3nc4ncncc4[nH]3)C2)cc1F.Cc1cccc(F)c1COC(=O)N1CCO[C@H](c2nc3ncncc3[nH]2)C1. The molecule has 15 heterocycles. The number of hydrogen-bond acceptors (Lipinski definition) is 30. The van der Waals surface area contributed by atoms with Crippen molar-refractivity contribution in [3.05, 3.63) is 266 Å². The van der Waals surface area contributed by atoms with Crippen molar-refractivity contribution in [2.24, 2.45) is 0 Å². The average molecular weight is 1910 g/mol. The third-order valence-corrected chi connectivity index (χ3v) is 22.4. The standard InChI is InChI=1S/C18H18ClN5O3.C18H17F2N5O3.3C18H18FN5O3.CH4/c1-11-2-3-12(13(19)6-11)9-27-18(25)24-4-5-26-15(8-24)17-22-14-7-20-10-21-16(14)23-17;1-10-4-12(19)11(13(20)5-10)8-28-18(26)25-2-3-27-15(7-25)17-23-14-6-21-9-22-16(14)24-17;1-11-2-3-12(6-13(11)19)9-27-18(25)24-4-5-26-15(8-24)17-22-14-7-20-10-21-16(14)23-17;1-11-2-3-12(13(19)6-11)9-27-18(25)24-4-5-26-15(8-24)17-22-14-7-20-10-21-16(14)23-17;1-11-3-2-4-13(19)12(11)9-27-18(25)24-5-6-26-15(8-24)17-22-14-7-20-10-21-16(14)23-17;/h2-3,6-7,10,15H,4-5,8-9H2,1H3,(H,20,21,22,23);4-6,9,15H,2-3,7-8H2,1H3,(H,21,22,23,24);2*2-3,6-7,10,15H,4-5,8-9H2,1H3,(H,20,21,22,23);2-4,7,10,15H,5-6,8-9H2,1H3,(H,20,21,22,23);1H4/t5*15-;/m00000./s1. The molecule has 5 saturated heterocycles. The molecule has 714 valence electrons. The number of carbonyl (C=O) groups excluding carboxylic acids is 5. The molecule has 10 aromatic heterocycles. The van der Waals surface area contributed by atoms with Crippen LogP contribution in [0.1, 0.15) is 123 Å². The zero-order chi connectivity index (χ0) is 94.9. The molecule has 5 N–H and O–H groups in total. The van der Waals surface area contributed by atoms with Gasteiger partial charge in [-0.2, -0.15) is 0 Å². The summed E-state index contributed by atoms with van der Waals surface area (Å²) in [5, 5.41) is 0.589. The van der Waals surface area contributed by atoms with E-state index in [4.69, 9.17) is 59.0 Å². The van der Waals surface area contributed by atoms with Crippen LogP contribution in [0, 0.1) is 63.7 Å². The molecule has 0 unspecified atom stereocenters. The van der Waals surface area contributed by atoms with Gasteiger partial charge >= 0.3 is 30.5 Å². The molecule has 137 heavy (non-hydrogen) atoms. The molecule has 0 bridgehead atoms. The van der Waals surface area contributed by atoms with E-state index in [1.54, 1.807) is 105 Å². The minimum absolute atomic E-state index is 0. The maximum absolute atomic E-state index is 13.9. The molecule has 0 saturated carbocycles. The van der Waals surface area contributed by atoms with Gasteiger partial charge in [0.2, 0.25) is 0 Å². The average Bonchev–Trinajstić information content (AvgIpc) is 1.70. The van der Waals surface area contributed by atoms with E-state index in [1.165, 1.54) is 76.7 Å². The van der Waals surface area contributed by atoms with E-state index in [0.29, 0.717) is 185 Å². The number of ether oxygens (including phenoxy) is 10. The molecule has 40 nitrogen and oxygen atoms in total. The second kappa shape index (κ2) is 44.9. The fourth-order valence-corrected chi connectivity index (χ4v) is 15.0. The van der Waals surface area contributed by atoms with Gasteiger partial charge in [-0.25, -0.2) is 121 Å². The monoisotopic (exact) mass is 1910 g/mol. The number of aromatic amines is 5. The van der Waals surface area contributed by atoms with Crippen LogP contribution >= 0.6 is 11.6 Å². The Morgan fingerprint density at radius 3 is 1.01 bits per heavy atom. The first-order chi connectivity index (χ1) is 65.9. The topological polar surface area (TPSA) is 466 Å². The highest BCUT2D eigenvalue weighted by atomic mass is 35.5. The van der Waals surface area contributed by atoms with Crippen LogP contribution in [0.25, 0.3) is 55.8 Å². The third-order valence-electron chi connectivity index (χ3n) is 22.1. The van der Waals surface area contributed by atoms with E-state index in [2.05, 4.69) is 99.7 Å². The van der Waals surface area contributed by atoms with Crippen molar-refractivity contribution < 1.29 is 93.3 Å². The molecule has 0 radical (unpaired) electrons. The van der Waals surface area contributed by atoms with Crippen LogP contribution in [-0.4, -0.2) is 253 Å². The Bertz CT molecular complexity index is 6410. The number of carbonyl (C=O) groups is 5.